The second-order valence-corrected chi connectivity index (χ2v) is 26.2. The molecule has 260 valence electrons. The molecule has 0 radical (unpaired) electrons. The van der Waals surface area contributed by atoms with E-state index in [1.165, 1.54) is 0 Å². The first-order chi connectivity index (χ1) is 21.0. The molecule has 11 heteroatoms. The molecule has 43 heavy (non-hydrogen) atoms. The van der Waals surface area contributed by atoms with Crippen molar-refractivity contribution in [2.75, 3.05) is 52.9 Å². The van der Waals surface area contributed by atoms with Crippen molar-refractivity contribution >= 4 is 24.2 Å². The molecule has 0 aromatic rings. The molecule has 0 rings (SSSR count). The molecule has 0 atom stereocenters. The van der Waals surface area contributed by atoms with Crippen molar-refractivity contribution in [1.82, 2.24) is 0 Å². The summed E-state index contributed by atoms with van der Waals surface area (Å²) in [6, 6.07) is 0. The normalized spacial score (nSPS) is 12.8. The molecule has 0 heterocycles. The Hall–Kier alpha value is 0.331. The Labute approximate surface area is 270 Å². The van der Waals surface area contributed by atoms with Crippen molar-refractivity contribution in [3.8, 4) is 0 Å². The quantitative estimate of drug-likeness (QED) is 0.0497. The summed E-state index contributed by atoms with van der Waals surface area (Å²) in [6.45, 7) is 21.6. The van der Waals surface area contributed by atoms with Gasteiger partial charge in [-0.3, -0.25) is 0 Å². The van der Waals surface area contributed by atoms with Crippen LogP contribution >= 0.6 is 0 Å². The molecule has 0 spiro atoms. The van der Waals surface area contributed by atoms with Crippen LogP contribution in [0.2, 0.25) is 0 Å². The minimum Gasteiger partial charge on any atom is -0.389 e. The Balaban J connectivity index is 7.63. The van der Waals surface area contributed by atoms with Crippen LogP contribution in [-0.2, 0) is 35.4 Å². The first kappa shape index (κ1) is 43.3. The van der Waals surface area contributed by atoms with Crippen LogP contribution in [-0.4, -0.2) is 77.1 Å². The average Bonchev–Trinajstić information content (AvgIpc) is 3.00. The lowest BCUT2D eigenvalue weighted by atomic mass is 10.4. The van der Waals surface area contributed by atoms with Crippen LogP contribution in [0.3, 0.4) is 0 Å². The Kier molecular flexibility index (Phi) is 28.8. The molecule has 0 unspecified atom stereocenters. The molecule has 8 nitrogen and oxygen atoms in total. The molecule has 0 aromatic carbocycles. The van der Waals surface area contributed by atoms with Crippen LogP contribution in [0.25, 0.3) is 0 Å². The molecule has 0 aromatic heterocycles. The predicted molar refractivity (Wildman–Crippen MR) is 184 cm³/mol. The Morgan fingerprint density at radius 1 is 0.256 bits per heavy atom. The highest BCUT2D eigenvalue weighted by atomic mass is 29.7. The van der Waals surface area contributed by atoms with Crippen LogP contribution in [0.5, 0.6) is 0 Å². The minimum absolute atomic E-state index is 0.509. The molecule has 0 aliphatic heterocycles. The standard InChI is InChI=1S/C32H72O8Si3/c1-9-17-25-33-41(34-26-18-10-2,35-27-19-11-3)43(39-31-23-15-7,40-32-24-16-8)42(36-28-20-12-4,37-29-21-13-5)38-30-22-14-6/h9-32H2,1-8H3. The zero-order valence-corrected chi connectivity index (χ0v) is 32.7. The zero-order chi connectivity index (χ0) is 32.1. The maximum absolute atomic E-state index is 7.22. The highest BCUT2D eigenvalue weighted by Gasteiger charge is 2.85. The molecular formula is C32H72O8Si3. The number of unbranched alkanes of at least 4 members (excludes halogenated alkanes) is 8. The second kappa shape index (κ2) is 28.5. The van der Waals surface area contributed by atoms with E-state index in [0.29, 0.717) is 52.9 Å². The van der Waals surface area contributed by atoms with Crippen LogP contribution in [0.1, 0.15) is 158 Å². The van der Waals surface area contributed by atoms with Crippen LogP contribution in [0, 0.1) is 0 Å². The fourth-order valence-corrected chi connectivity index (χ4v) is 27.4. The molecule has 0 aliphatic rings. The second-order valence-electron chi connectivity index (χ2n) is 11.3. The SMILES string of the molecule is CCCCO[Si](OCCCC)(OCCCC)[Si](OCCCC)(OCCCC)[Si](OCCCC)(OCCCC)OCCCC. The molecule has 0 N–H and O–H groups in total. The summed E-state index contributed by atoms with van der Waals surface area (Å²) in [6.07, 6.45) is 15.2. The lowest BCUT2D eigenvalue weighted by Gasteiger charge is -2.48. The van der Waals surface area contributed by atoms with E-state index in [4.69, 9.17) is 35.4 Å². The van der Waals surface area contributed by atoms with E-state index in [1.54, 1.807) is 0 Å². The maximum atomic E-state index is 7.22. The van der Waals surface area contributed by atoms with E-state index in [-0.39, 0.29) is 0 Å². The van der Waals surface area contributed by atoms with Gasteiger partial charge in [0.15, 0.2) is 0 Å². The predicted octanol–water partition coefficient (Wildman–Crippen LogP) is 9.00. The maximum Gasteiger partial charge on any atom is 0.544 e. The summed E-state index contributed by atoms with van der Waals surface area (Å²) < 4.78 is 56.5. The largest absolute Gasteiger partial charge is 0.544 e. The molecule has 0 saturated heterocycles. The van der Waals surface area contributed by atoms with E-state index >= 15 is 0 Å². The van der Waals surface area contributed by atoms with Crippen LogP contribution < -0.4 is 0 Å². The third-order valence-electron chi connectivity index (χ3n) is 7.15. The van der Waals surface area contributed by atoms with E-state index in [0.717, 1.165) is 103 Å². The molecule has 0 bridgehead atoms. The summed E-state index contributed by atoms with van der Waals surface area (Å²) in [5.74, 6) is 0. The van der Waals surface area contributed by atoms with Gasteiger partial charge in [-0.15, -0.1) is 0 Å². The molecule has 0 amide bonds. The van der Waals surface area contributed by atoms with Gasteiger partial charge in [0, 0.05) is 52.9 Å². The zero-order valence-electron chi connectivity index (χ0n) is 29.7. The number of rotatable bonds is 34. The lowest BCUT2D eigenvalue weighted by Crippen LogP contribution is -2.87. The first-order valence-corrected chi connectivity index (χ1v) is 25.4. The number of hydrogen-bond donors (Lipinski definition) is 0. The van der Waals surface area contributed by atoms with Crippen molar-refractivity contribution in [2.24, 2.45) is 0 Å². The fourth-order valence-electron chi connectivity index (χ4n) is 4.23. The van der Waals surface area contributed by atoms with Gasteiger partial charge < -0.3 is 35.4 Å². The van der Waals surface area contributed by atoms with E-state index < -0.39 is 24.2 Å². The van der Waals surface area contributed by atoms with E-state index in [2.05, 4.69) is 55.4 Å². The highest BCUT2D eigenvalue weighted by molar-refractivity contribution is 7.57. The van der Waals surface area contributed by atoms with Gasteiger partial charge in [0.05, 0.1) is 0 Å². The van der Waals surface area contributed by atoms with Crippen molar-refractivity contribution in [3.05, 3.63) is 0 Å². The molecular weight excluding hydrogens is 597 g/mol. The fraction of sp³-hybridized carbons (Fsp3) is 1.00. The van der Waals surface area contributed by atoms with E-state index in [1.807, 2.05) is 0 Å². The van der Waals surface area contributed by atoms with Crippen molar-refractivity contribution < 1.29 is 35.4 Å². The Morgan fingerprint density at radius 3 is 0.581 bits per heavy atom. The van der Waals surface area contributed by atoms with E-state index in [9.17, 15) is 0 Å². The highest BCUT2D eigenvalue weighted by Crippen LogP contribution is 2.38. The Bertz CT molecular complexity index is 500. The molecule has 0 fully saturated rings. The summed E-state index contributed by atoms with van der Waals surface area (Å²) in [5.41, 5.74) is 0. The third kappa shape index (κ3) is 15.6. The minimum atomic E-state index is -3.78. The van der Waals surface area contributed by atoms with Crippen molar-refractivity contribution in [2.45, 2.75) is 158 Å². The topological polar surface area (TPSA) is 73.8 Å². The van der Waals surface area contributed by atoms with Crippen molar-refractivity contribution in [3.63, 3.8) is 0 Å². The number of hydrogen-bond acceptors (Lipinski definition) is 8. The van der Waals surface area contributed by atoms with Gasteiger partial charge in [-0.25, -0.2) is 0 Å². The van der Waals surface area contributed by atoms with Crippen LogP contribution in [0.15, 0.2) is 0 Å². The smallest absolute Gasteiger partial charge is 0.389 e. The van der Waals surface area contributed by atoms with Gasteiger partial charge in [0.1, 0.15) is 0 Å². The van der Waals surface area contributed by atoms with Gasteiger partial charge in [-0.2, -0.15) is 0 Å². The molecule has 0 saturated carbocycles. The van der Waals surface area contributed by atoms with Gasteiger partial charge in [0.25, 0.3) is 0 Å². The van der Waals surface area contributed by atoms with Gasteiger partial charge >= 0.3 is 24.2 Å². The van der Waals surface area contributed by atoms with Gasteiger partial charge in [-0.05, 0) is 51.4 Å². The third-order valence-corrected chi connectivity index (χ3v) is 28.2. The van der Waals surface area contributed by atoms with Gasteiger partial charge in [0.2, 0.25) is 0 Å². The summed E-state index contributed by atoms with van der Waals surface area (Å²) in [4.78, 5) is 0. The molecule has 0 aliphatic carbocycles. The van der Waals surface area contributed by atoms with Gasteiger partial charge in [-0.1, -0.05) is 107 Å². The summed E-state index contributed by atoms with van der Waals surface area (Å²) >= 11 is 0. The average molecular weight is 669 g/mol. The van der Waals surface area contributed by atoms with Crippen molar-refractivity contribution in [1.29, 1.82) is 0 Å². The lowest BCUT2D eigenvalue weighted by molar-refractivity contribution is 0.0267. The summed E-state index contributed by atoms with van der Waals surface area (Å²) in [5, 5.41) is 0. The summed E-state index contributed by atoms with van der Waals surface area (Å²) in [7, 11) is -11.2. The monoisotopic (exact) mass is 668 g/mol. The first-order valence-electron chi connectivity index (χ1n) is 18.1. The van der Waals surface area contributed by atoms with Crippen LogP contribution in [0.4, 0.5) is 0 Å². The Morgan fingerprint density at radius 2 is 0.419 bits per heavy atom.